The van der Waals surface area contributed by atoms with Crippen LogP contribution < -0.4 is 5.56 Å². The van der Waals surface area contributed by atoms with E-state index < -0.39 is 17.3 Å². The number of pyridine rings is 1. The Bertz CT molecular complexity index is 1960. The number of hydrogen-bond acceptors (Lipinski definition) is 6. The normalized spacial score (nSPS) is 22.4. The number of rotatable bonds is 4. The van der Waals surface area contributed by atoms with Gasteiger partial charge in [0.15, 0.2) is 0 Å². The fourth-order valence-electron chi connectivity index (χ4n) is 6.97. The Morgan fingerprint density at radius 2 is 2.09 bits per heavy atom. The third-order valence-corrected chi connectivity index (χ3v) is 10.7. The summed E-state index contributed by atoms with van der Waals surface area (Å²) in [6, 6.07) is 7.21. The molecule has 7 rings (SSSR count). The lowest BCUT2D eigenvalue weighted by atomic mass is 9.87. The third-order valence-electron chi connectivity index (χ3n) is 9.44. The van der Waals surface area contributed by atoms with Gasteiger partial charge in [-0.1, -0.05) is 23.4 Å². The molecule has 1 saturated carbocycles. The highest BCUT2D eigenvalue weighted by molar-refractivity contribution is 7.18. The molecule has 2 atom stereocenters. The predicted octanol–water partition coefficient (Wildman–Crippen LogP) is 6.21. The van der Waals surface area contributed by atoms with Crippen LogP contribution >= 0.6 is 22.9 Å². The number of thiophene rings is 1. The summed E-state index contributed by atoms with van der Waals surface area (Å²) < 4.78 is 30.6. The first-order chi connectivity index (χ1) is 21.1. The molecule has 44 heavy (non-hydrogen) atoms. The Hall–Kier alpha value is -3.65. The van der Waals surface area contributed by atoms with Crippen molar-refractivity contribution >= 4 is 39.1 Å². The number of nitrogens with zero attached hydrogens (tertiary/aromatic N) is 4. The molecule has 1 aliphatic heterocycles. The summed E-state index contributed by atoms with van der Waals surface area (Å²) in [5, 5.41) is 11.6. The van der Waals surface area contributed by atoms with E-state index in [0.29, 0.717) is 53.3 Å². The van der Waals surface area contributed by atoms with Crippen molar-refractivity contribution in [3.8, 4) is 23.0 Å². The number of fused-ring (bicyclic) bond motifs is 2. The molecule has 1 aromatic carbocycles. The van der Waals surface area contributed by atoms with E-state index in [2.05, 4.69) is 21.7 Å². The average molecular weight is 635 g/mol. The molecule has 2 aliphatic carbocycles. The molecule has 0 unspecified atom stereocenters. The SMILES string of the molecule is Cc1nc2c(c(=O)n1CC#Cc1ccc(Cl)cc1-c1ccnc3c(C(=O)O)csc13)C[C@@H](N1CCC[C@@]3(C1)CC3(F)F)CC2. The number of likely N-dealkylation sites (tertiary alicyclic amines) is 1. The van der Waals surface area contributed by atoms with E-state index >= 15 is 0 Å². The van der Waals surface area contributed by atoms with Crippen molar-refractivity contribution < 1.29 is 18.7 Å². The van der Waals surface area contributed by atoms with Gasteiger partial charge >= 0.3 is 5.97 Å². The fourth-order valence-corrected chi connectivity index (χ4v) is 8.17. The Morgan fingerprint density at radius 3 is 2.86 bits per heavy atom. The van der Waals surface area contributed by atoms with E-state index in [4.69, 9.17) is 16.6 Å². The minimum atomic E-state index is -2.57. The Balaban J connectivity index is 1.16. The summed E-state index contributed by atoms with van der Waals surface area (Å²) >= 11 is 7.67. The number of aromatic nitrogens is 3. The maximum atomic E-state index is 14.2. The zero-order valence-corrected chi connectivity index (χ0v) is 25.6. The summed E-state index contributed by atoms with van der Waals surface area (Å²) in [4.78, 5) is 36.6. The van der Waals surface area contributed by atoms with E-state index in [-0.39, 0.29) is 30.1 Å². The maximum absolute atomic E-state index is 14.2. The predicted molar refractivity (Wildman–Crippen MR) is 166 cm³/mol. The van der Waals surface area contributed by atoms with Crippen molar-refractivity contribution in [3.05, 3.63) is 79.4 Å². The van der Waals surface area contributed by atoms with Gasteiger partial charge < -0.3 is 5.11 Å². The van der Waals surface area contributed by atoms with Crippen LogP contribution in [0.3, 0.4) is 0 Å². The topological polar surface area (TPSA) is 88.3 Å². The molecule has 1 spiro atoms. The number of hydrogen-bond donors (Lipinski definition) is 1. The van der Waals surface area contributed by atoms with Gasteiger partial charge in [-0.15, -0.1) is 11.3 Å². The van der Waals surface area contributed by atoms with Crippen LogP contribution in [0.4, 0.5) is 8.78 Å². The molecule has 3 aromatic heterocycles. The number of alkyl halides is 2. The number of carboxylic acids is 1. The largest absolute Gasteiger partial charge is 0.478 e. The van der Waals surface area contributed by atoms with Crippen LogP contribution in [0.5, 0.6) is 0 Å². The minimum absolute atomic E-state index is 0.0237. The molecular weight excluding hydrogens is 606 g/mol. The van der Waals surface area contributed by atoms with Crippen molar-refractivity contribution in [2.45, 2.75) is 64.0 Å². The van der Waals surface area contributed by atoms with Crippen molar-refractivity contribution in [2.75, 3.05) is 13.1 Å². The number of piperidine rings is 1. The summed E-state index contributed by atoms with van der Waals surface area (Å²) in [6.07, 6.45) is 4.86. The van der Waals surface area contributed by atoms with Crippen molar-refractivity contribution in [1.82, 2.24) is 19.4 Å². The van der Waals surface area contributed by atoms with Crippen LogP contribution in [-0.4, -0.2) is 55.6 Å². The summed E-state index contributed by atoms with van der Waals surface area (Å²) in [5.41, 5.74) is 3.21. The fraction of sp³-hybridized carbons (Fsp3) is 0.394. The lowest BCUT2D eigenvalue weighted by Crippen LogP contribution is -2.48. The summed E-state index contributed by atoms with van der Waals surface area (Å²) in [5.74, 6) is 3.31. The zero-order chi connectivity index (χ0) is 30.8. The van der Waals surface area contributed by atoms with E-state index in [1.807, 2.05) is 12.1 Å². The van der Waals surface area contributed by atoms with Crippen molar-refractivity contribution in [3.63, 3.8) is 0 Å². The highest BCUT2D eigenvalue weighted by Crippen LogP contribution is 2.64. The van der Waals surface area contributed by atoms with Crippen molar-refractivity contribution in [2.24, 2.45) is 5.41 Å². The molecule has 7 nitrogen and oxygen atoms in total. The van der Waals surface area contributed by atoms with Crippen LogP contribution in [0.2, 0.25) is 5.02 Å². The second-order valence-corrected chi connectivity index (χ2v) is 13.4. The minimum Gasteiger partial charge on any atom is -0.478 e. The molecular formula is C33H29ClF2N4O3S. The van der Waals surface area contributed by atoms with E-state index in [1.165, 1.54) is 11.3 Å². The van der Waals surface area contributed by atoms with Gasteiger partial charge in [-0.3, -0.25) is 19.2 Å². The average Bonchev–Trinajstić information content (AvgIpc) is 3.29. The standard InChI is InChI=1S/C33H29ClF2N4O3S/c1-19-38-27-8-7-22(39-12-3-10-32(18-39)17-33(32,35)36)15-25(27)30(41)40(19)13-2-4-20-5-6-21(34)14-24(20)23-9-11-37-28-26(31(42)43)16-44-29(23)28/h5-6,9,11,14,16,22H,3,7-8,10,12-13,15,17-18H2,1H3,(H,42,43)/t22-,32-/m0/s1. The van der Waals surface area contributed by atoms with Crippen molar-refractivity contribution in [1.29, 1.82) is 0 Å². The molecule has 2 fully saturated rings. The maximum Gasteiger partial charge on any atom is 0.338 e. The number of halogens is 3. The van der Waals surface area contributed by atoms with Crippen LogP contribution in [-0.2, 0) is 19.4 Å². The van der Waals surface area contributed by atoms with Gasteiger partial charge in [0.2, 0.25) is 0 Å². The molecule has 0 bridgehead atoms. The summed E-state index contributed by atoms with van der Waals surface area (Å²) in [6.45, 7) is 3.12. The van der Waals surface area contributed by atoms with Gasteiger partial charge in [-0.2, -0.15) is 0 Å². The van der Waals surface area contributed by atoms with Gasteiger partial charge in [-0.25, -0.2) is 18.6 Å². The first-order valence-corrected chi connectivity index (χ1v) is 15.9. The zero-order valence-electron chi connectivity index (χ0n) is 24.0. The Kier molecular flexibility index (Phi) is 7.11. The lowest BCUT2D eigenvalue weighted by Gasteiger charge is -2.40. The summed E-state index contributed by atoms with van der Waals surface area (Å²) in [7, 11) is 0. The van der Waals surface area contributed by atoms with Gasteiger partial charge in [-0.05, 0) is 69.8 Å². The molecule has 3 aliphatic rings. The number of aromatic carboxylic acids is 1. The lowest BCUT2D eigenvalue weighted by molar-refractivity contribution is 0.0105. The van der Waals surface area contributed by atoms with E-state index in [9.17, 15) is 23.5 Å². The Morgan fingerprint density at radius 1 is 1.27 bits per heavy atom. The number of carboxylic acid groups (broad SMARTS) is 1. The van der Waals surface area contributed by atoms with Gasteiger partial charge in [0.1, 0.15) is 5.82 Å². The smallest absolute Gasteiger partial charge is 0.338 e. The third kappa shape index (κ3) is 4.91. The quantitative estimate of drug-likeness (QED) is 0.269. The highest BCUT2D eigenvalue weighted by atomic mass is 35.5. The molecule has 4 aromatic rings. The van der Waals surface area contributed by atoms with Gasteiger partial charge in [0.05, 0.1) is 33.4 Å². The first-order valence-electron chi connectivity index (χ1n) is 14.7. The highest BCUT2D eigenvalue weighted by Gasteiger charge is 2.71. The number of benzene rings is 1. The Labute approximate surface area is 261 Å². The number of aryl methyl sites for hydroxylation is 2. The van der Waals surface area contributed by atoms with Crippen LogP contribution in [0.1, 0.15) is 58.7 Å². The molecule has 4 heterocycles. The van der Waals surface area contributed by atoms with E-state index in [1.54, 1.807) is 35.2 Å². The van der Waals surface area contributed by atoms with Crippen LogP contribution in [0.25, 0.3) is 21.3 Å². The second-order valence-electron chi connectivity index (χ2n) is 12.1. The van der Waals surface area contributed by atoms with Crippen LogP contribution in [0.15, 0.2) is 40.6 Å². The van der Waals surface area contributed by atoms with Gasteiger partial charge in [0.25, 0.3) is 11.5 Å². The molecule has 226 valence electrons. The monoisotopic (exact) mass is 634 g/mol. The molecule has 11 heteroatoms. The van der Waals surface area contributed by atoms with Gasteiger partial charge in [0, 0.05) is 57.9 Å². The second kappa shape index (κ2) is 10.8. The van der Waals surface area contributed by atoms with Crippen LogP contribution in [0, 0.1) is 24.2 Å². The molecule has 0 radical (unpaired) electrons. The van der Waals surface area contributed by atoms with E-state index in [0.717, 1.165) is 40.9 Å². The first kappa shape index (κ1) is 29.1. The molecule has 0 amide bonds. The molecule has 1 saturated heterocycles. The molecule has 1 N–H and O–H groups in total. The number of carbonyl (C=O) groups is 1.